The van der Waals surface area contributed by atoms with Gasteiger partial charge in [-0.1, -0.05) is 17.7 Å². The average Bonchev–Trinajstić information content (AvgIpc) is 2.45. The predicted octanol–water partition coefficient (Wildman–Crippen LogP) is 3.72. The van der Waals surface area contributed by atoms with Gasteiger partial charge in [0.25, 0.3) is 5.91 Å². The Morgan fingerprint density at radius 2 is 2.00 bits per heavy atom. The van der Waals surface area contributed by atoms with Gasteiger partial charge in [-0.05, 0) is 49.7 Å². The molecule has 4 nitrogen and oxygen atoms in total. The summed E-state index contributed by atoms with van der Waals surface area (Å²) in [6, 6.07) is 10.9. The molecule has 0 aromatic heterocycles. The summed E-state index contributed by atoms with van der Waals surface area (Å²) in [6.45, 7) is 4.40. The molecule has 0 saturated carbocycles. The van der Waals surface area contributed by atoms with Crippen molar-refractivity contribution in [1.29, 1.82) is 0 Å². The van der Waals surface area contributed by atoms with Crippen LogP contribution in [-0.4, -0.2) is 12.5 Å². The zero-order valence-electron chi connectivity index (χ0n) is 12.0. The Morgan fingerprint density at radius 1 is 1.24 bits per heavy atom. The quantitative estimate of drug-likeness (QED) is 0.754. The van der Waals surface area contributed by atoms with Gasteiger partial charge in [0.2, 0.25) is 0 Å². The third-order valence-electron chi connectivity index (χ3n) is 3.10. The molecular weight excluding hydrogens is 286 g/mol. The molecule has 2 aromatic carbocycles. The summed E-state index contributed by atoms with van der Waals surface area (Å²) >= 11 is 6.10. The van der Waals surface area contributed by atoms with Crippen LogP contribution < -0.4 is 16.4 Å². The van der Waals surface area contributed by atoms with E-state index in [9.17, 15) is 4.79 Å². The van der Waals surface area contributed by atoms with Crippen LogP contribution in [0.1, 0.15) is 22.8 Å². The fourth-order valence-corrected chi connectivity index (χ4v) is 2.09. The highest BCUT2D eigenvalue weighted by Crippen LogP contribution is 2.27. The molecule has 5 heteroatoms. The summed E-state index contributed by atoms with van der Waals surface area (Å²) in [7, 11) is 0. The molecule has 0 radical (unpaired) electrons. The van der Waals surface area contributed by atoms with Crippen molar-refractivity contribution in [2.45, 2.75) is 13.8 Å². The lowest BCUT2D eigenvalue weighted by atomic mass is 10.1. The summed E-state index contributed by atoms with van der Waals surface area (Å²) in [5, 5.41) is 6.63. The Morgan fingerprint density at radius 3 is 2.62 bits per heavy atom. The highest BCUT2D eigenvalue weighted by Gasteiger charge is 2.08. The van der Waals surface area contributed by atoms with Crippen molar-refractivity contribution < 1.29 is 4.79 Å². The Labute approximate surface area is 129 Å². The van der Waals surface area contributed by atoms with Crippen LogP contribution in [0.5, 0.6) is 0 Å². The molecule has 2 aromatic rings. The van der Waals surface area contributed by atoms with Gasteiger partial charge in [0, 0.05) is 22.8 Å². The Balaban J connectivity index is 2.21. The fraction of sp³-hybridized carbons (Fsp3) is 0.188. The molecule has 0 fully saturated rings. The monoisotopic (exact) mass is 303 g/mol. The van der Waals surface area contributed by atoms with E-state index in [1.165, 1.54) is 0 Å². The lowest BCUT2D eigenvalue weighted by Gasteiger charge is -2.12. The second-order valence-corrected chi connectivity index (χ2v) is 5.16. The lowest BCUT2D eigenvalue weighted by molar-refractivity contribution is 0.0956. The first-order chi connectivity index (χ1) is 10.0. The molecule has 0 aliphatic carbocycles. The van der Waals surface area contributed by atoms with Crippen molar-refractivity contribution in [1.82, 2.24) is 5.32 Å². The Kier molecular flexibility index (Phi) is 4.70. The second kappa shape index (κ2) is 6.50. The van der Waals surface area contributed by atoms with Gasteiger partial charge in [0.1, 0.15) is 0 Å². The van der Waals surface area contributed by atoms with Gasteiger partial charge in [-0.2, -0.15) is 0 Å². The van der Waals surface area contributed by atoms with Gasteiger partial charge < -0.3 is 16.4 Å². The van der Waals surface area contributed by atoms with Crippen molar-refractivity contribution in [2.75, 3.05) is 17.6 Å². The molecule has 2 rings (SSSR count). The van der Waals surface area contributed by atoms with E-state index in [1.807, 2.05) is 32.0 Å². The van der Waals surface area contributed by atoms with Crippen LogP contribution in [0.3, 0.4) is 0 Å². The van der Waals surface area contributed by atoms with E-state index >= 15 is 0 Å². The van der Waals surface area contributed by atoms with Crippen molar-refractivity contribution in [2.24, 2.45) is 0 Å². The third kappa shape index (κ3) is 3.67. The number of rotatable bonds is 4. The summed E-state index contributed by atoms with van der Waals surface area (Å²) in [5.74, 6) is -0.130. The molecular formula is C16H18ClN3O. The van der Waals surface area contributed by atoms with E-state index < -0.39 is 0 Å². The summed E-state index contributed by atoms with van der Waals surface area (Å²) in [5.41, 5.74) is 9.65. The van der Waals surface area contributed by atoms with E-state index in [2.05, 4.69) is 10.6 Å². The number of aryl methyl sites for hydroxylation is 1. The van der Waals surface area contributed by atoms with Crippen LogP contribution in [0.15, 0.2) is 36.4 Å². The number of amides is 1. The molecule has 0 bridgehead atoms. The molecule has 0 heterocycles. The maximum absolute atomic E-state index is 11.7. The third-order valence-corrected chi connectivity index (χ3v) is 3.51. The number of nitrogens with one attached hydrogen (secondary N) is 2. The molecule has 110 valence electrons. The predicted molar refractivity (Wildman–Crippen MR) is 88.3 cm³/mol. The number of anilines is 3. The van der Waals surface area contributed by atoms with Crippen LogP contribution >= 0.6 is 11.6 Å². The summed E-state index contributed by atoms with van der Waals surface area (Å²) in [6.07, 6.45) is 0. The molecule has 0 atom stereocenters. The standard InChI is InChI=1S/C16H18ClN3O/c1-3-19-16(21)11-5-7-15(14(18)8-11)20-12-6-4-10(2)13(17)9-12/h4-9,20H,3,18H2,1-2H3,(H,19,21). The summed E-state index contributed by atoms with van der Waals surface area (Å²) in [4.78, 5) is 11.7. The van der Waals surface area contributed by atoms with Crippen molar-refractivity contribution in [3.8, 4) is 0 Å². The number of nitrogen functional groups attached to an aromatic ring is 1. The smallest absolute Gasteiger partial charge is 0.251 e. The van der Waals surface area contributed by atoms with Gasteiger partial charge in [-0.3, -0.25) is 4.79 Å². The fourth-order valence-electron chi connectivity index (χ4n) is 1.91. The van der Waals surface area contributed by atoms with E-state index in [4.69, 9.17) is 17.3 Å². The number of carbonyl (C=O) groups excluding carboxylic acids is 1. The molecule has 0 aliphatic rings. The topological polar surface area (TPSA) is 67.2 Å². The zero-order valence-corrected chi connectivity index (χ0v) is 12.8. The Hall–Kier alpha value is -2.20. The maximum Gasteiger partial charge on any atom is 0.251 e. The number of hydrogen-bond donors (Lipinski definition) is 3. The molecule has 4 N–H and O–H groups in total. The van der Waals surface area contributed by atoms with Crippen LogP contribution in [0.4, 0.5) is 17.1 Å². The molecule has 0 unspecified atom stereocenters. The number of hydrogen-bond acceptors (Lipinski definition) is 3. The maximum atomic E-state index is 11.7. The van der Waals surface area contributed by atoms with Gasteiger partial charge in [-0.25, -0.2) is 0 Å². The van der Waals surface area contributed by atoms with E-state index in [1.54, 1.807) is 18.2 Å². The first-order valence-electron chi connectivity index (χ1n) is 6.72. The second-order valence-electron chi connectivity index (χ2n) is 4.75. The summed E-state index contributed by atoms with van der Waals surface area (Å²) < 4.78 is 0. The zero-order chi connectivity index (χ0) is 15.4. The van der Waals surface area contributed by atoms with Gasteiger partial charge in [0.05, 0.1) is 11.4 Å². The highest BCUT2D eigenvalue weighted by atomic mass is 35.5. The number of carbonyl (C=O) groups is 1. The van der Waals surface area contributed by atoms with Crippen molar-refractivity contribution >= 4 is 34.6 Å². The highest BCUT2D eigenvalue weighted by molar-refractivity contribution is 6.31. The van der Waals surface area contributed by atoms with Gasteiger partial charge in [-0.15, -0.1) is 0 Å². The van der Waals surface area contributed by atoms with Gasteiger partial charge >= 0.3 is 0 Å². The molecule has 21 heavy (non-hydrogen) atoms. The van der Waals surface area contributed by atoms with Crippen LogP contribution in [0.2, 0.25) is 5.02 Å². The van der Waals surface area contributed by atoms with Crippen LogP contribution in [0.25, 0.3) is 0 Å². The molecule has 0 saturated heterocycles. The van der Waals surface area contributed by atoms with Crippen LogP contribution in [0, 0.1) is 6.92 Å². The first-order valence-corrected chi connectivity index (χ1v) is 7.10. The van der Waals surface area contributed by atoms with E-state index in [0.29, 0.717) is 22.8 Å². The first kappa shape index (κ1) is 15.2. The minimum absolute atomic E-state index is 0.130. The van der Waals surface area contributed by atoms with Crippen LogP contribution in [-0.2, 0) is 0 Å². The van der Waals surface area contributed by atoms with Gasteiger partial charge in [0.15, 0.2) is 0 Å². The molecule has 0 aliphatic heterocycles. The number of halogens is 1. The lowest BCUT2D eigenvalue weighted by Crippen LogP contribution is -2.22. The van der Waals surface area contributed by atoms with Crippen molar-refractivity contribution in [3.05, 3.63) is 52.5 Å². The Bertz CT molecular complexity index is 671. The largest absolute Gasteiger partial charge is 0.397 e. The SMILES string of the molecule is CCNC(=O)c1ccc(Nc2ccc(C)c(Cl)c2)c(N)c1. The molecule has 1 amide bonds. The number of nitrogens with two attached hydrogens (primary N) is 1. The normalized spacial score (nSPS) is 10.2. The van der Waals surface area contributed by atoms with Crippen molar-refractivity contribution in [3.63, 3.8) is 0 Å². The minimum atomic E-state index is -0.130. The average molecular weight is 304 g/mol. The number of benzene rings is 2. The van der Waals surface area contributed by atoms with E-state index in [-0.39, 0.29) is 5.91 Å². The van der Waals surface area contributed by atoms with E-state index in [0.717, 1.165) is 16.9 Å². The minimum Gasteiger partial charge on any atom is -0.397 e. The molecule has 0 spiro atoms.